The molecule has 4 nitrogen and oxygen atoms in total. The van der Waals surface area contributed by atoms with Crippen LogP contribution in [0.4, 0.5) is 5.82 Å². The van der Waals surface area contributed by atoms with Crippen LogP contribution >= 0.6 is 0 Å². The molecule has 4 heteroatoms. The zero-order chi connectivity index (χ0) is 9.97. The van der Waals surface area contributed by atoms with Crippen molar-refractivity contribution in [2.75, 3.05) is 12.8 Å². The number of hydrogen-bond donors (Lipinski definition) is 1. The Morgan fingerprint density at radius 2 is 2.07 bits per heavy atom. The predicted molar refractivity (Wildman–Crippen MR) is 54.7 cm³/mol. The molecule has 72 valence electrons. The van der Waals surface area contributed by atoms with Gasteiger partial charge in [-0.3, -0.25) is 0 Å². The highest BCUT2D eigenvalue weighted by Gasteiger charge is 2.03. The Bertz CT molecular complexity index is 456. The highest BCUT2D eigenvalue weighted by atomic mass is 16.5. The molecule has 1 heterocycles. The summed E-state index contributed by atoms with van der Waals surface area (Å²) in [5, 5.41) is 0.882. The second-order valence-electron chi connectivity index (χ2n) is 2.98. The van der Waals surface area contributed by atoms with Crippen LogP contribution in [0.25, 0.3) is 10.9 Å². The Morgan fingerprint density at radius 1 is 1.29 bits per heavy atom. The molecule has 0 saturated heterocycles. The van der Waals surface area contributed by atoms with Gasteiger partial charge in [-0.05, 0) is 12.1 Å². The quantitative estimate of drug-likeness (QED) is 0.774. The summed E-state index contributed by atoms with van der Waals surface area (Å²) in [6, 6.07) is 7.65. The number of benzene rings is 1. The molecule has 1 aromatic heterocycles. The van der Waals surface area contributed by atoms with E-state index in [2.05, 4.69) is 9.97 Å². The third kappa shape index (κ3) is 1.52. The summed E-state index contributed by atoms with van der Waals surface area (Å²) < 4.78 is 4.95. The topological polar surface area (TPSA) is 61.0 Å². The highest BCUT2D eigenvalue weighted by Crippen LogP contribution is 2.16. The fourth-order valence-corrected chi connectivity index (χ4v) is 1.34. The fourth-order valence-electron chi connectivity index (χ4n) is 1.34. The number of anilines is 1. The largest absolute Gasteiger partial charge is 0.383 e. The molecule has 2 N–H and O–H groups in total. The van der Waals surface area contributed by atoms with Gasteiger partial charge in [-0.15, -0.1) is 0 Å². The molecule has 0 aliphatic rings. The van der Waals surface area contributed by atoms with E-state index in [9.17, 15) is 0 Å². The van der Waals surface area contributed by atoms with Crippen molar-refractivity contribution in [1.29, 1.82) is 0 Å². The first-order chi connectivity index (χ1) is 6.81. The lowest BCUT2D eigenvalue weighted by Gasteiger charge is -2.03. The predicted octanol–water partition coefficient (Wildman–Crippen LogP) is 1.36. The van der Waals surface area contributed by atoms with Gasteiger partial charge in [0.15, 0.2) is 5.82 Å². The smallest absolute Gasteiger partial charge is 0.157 e. The lowest BCUT2D eigenvalue weighted by molar-refractivity contribution is 0.178. The van der Waals surface area contributed by atoms with Crippen molar-refractivity contribution in [3.8, 4) is 0 Å². The van der Waals surface area contributed by atoms with Gasteiger partial charge in [0.05, 0.1) is 5.52 Å². The van der Waals surface area contributed by atoms with E-state index in [1.165, 1.54) is 0 Å². The minimum absolute atomic E-state index is 0.384. The van der Waals surface area contributed by atoms with Crippen LogP contribution in [0.5, 0.6) is 0 Å². The maximum Gasteiger partial charge on any atom is 0.157 e. The van der Waals surface area contributed by atoms with Crippen LogP contribution in [-0.2, 0) is 11.3 Å². The number of ether oxygens (including phenoxy) is 1. The lowest BCUT2D eigenvalue weighted by atomic mass is 10.2. The molecule has 0 spiro atoms. The molecule has 1 aromatic carbocycles. The Balaban J connectivity index is 2.60. The Kier molecular flexibility index (Phi) is 2.28. The van der Waals surface area contributed by atoms with Crippen LogP contribution in [0.2, 0.25) is 0 Å². The van der Waals surface area contributed by atoms with Gasteiger partial charge in [0.2, 0.25) is 0 Å². The van der Waals surface area contributed by atoms with E-state index in [1.54, 1.807) is 7.11 Å². The summed E-state index contributed by atoms with van der Waals surface area (Å²) in [6.07, 6.45) is 0. The number of hydrogen-bond acceptors (Lipinski definition) is 4. The molecule has 0 aliphatic carbocycles. The van der Waals surface area contributed by atoms with E-state index in [0.717, 1.165) is 10.9 Å². The zero-order valence-corrected chi connectivity index (χ0v) is 7.90. The van der Waals surface area contributed by atoms with Crippen LogP contribution in [0, 0.1) is 0 Å². The van der Waals surface area contributed by atoms with Gasteiger partial charge in [0.25, 0.3) is 0 Å². The van der Waals surface area contributed by atoms with Crippen LogP contribution in [0.1, 0.15) is 5.82 Å². The molecule has 0 bridgehead atoms. The third-order valence-electron chi connectivity index (χ3n) is 1.95. The van der Waals surface area contributed by atoms with Gasteiger partial charge >= 0.3 is 0 Å². The number of aromatic nitrogens is 2. The van der Waals surface area contributed by atoms with Crippen LogP contribution < -0.4 is 5.73 Å². The second-order valence-corrected chi connectivity index (χ2v) is 2.98. The number of nitrogens with zero attached hydrogens (tertiary/aromatic N) is 2. The minimum Gasteiger partial charge on any atom is -0.383 e. The summed E-state index contributed by atoms with van der Waals surface area (Å²) >= 11 is 0. The van der Waals surface area contributed by atoms with Gasteiger partial charge in [-0.2, -0.15) is 0 Å². The second kappa shape index (κ2) is 3.59. The van der Waals surface area contributed by atoms with Crippen molar-refractivity contribution in [2.24, 2.45) is 0 Å². The highest BCUT2D eigenvalue weighted by molar-refractivity contribution is 5.87. The number of nitrogens with two attached hydrogens (primary N) is 1. The van der Waals surface area contributed by atoms with Crippen molar-refractivity contribution >= 4 is 16.7 Å². The van der Waals surface area contributed by atoms with Gasteiger partial charge in [-0.1, -0.05) is 12.1 Å². The first-order valence-corrected chi connectivity index (χ1v) is 4.31. The molecule has 0 unspecified atom stereocenters. The molecular weight excluding hydrogens is 178 g/mol. The van der Waals surface area contributed by atoms with E-state index < -0.39 is 0 Å². The summed E-state index contributed by atoms with van der Waals surface area (Å²) in [7, 11) is 1.61. The average molecular weight is 189 g/mol. The molecule has 2 rings (SSSR count). The van der Waals surface area contributed by atoms with E-state index in [-0.39, 0.29) is 0 Å². The van der Waals surface area contributed by atoms with Crippen molar-refractivity contribution < 1.29 is 4.74 Å². The summed E-state index contributed by atoms with van der Waals surface area (Å²) in [6.45, 7) is 0.384. The van der Waals surface area contributed by atoms with Crippen molar-refractivity contribution in [3.63, 3.8) is 0 Å². The van der Waals surface area contributed by atoms with E-state index in [1.807, 2.05) is 24.3 Å². The first-order valence-electron chi connectivity index (χ1n) is 4.31. The summed E-state index contributed by atoms with van der Waals surface area (Å²) in [5.41, 5.74) is 6.63. The first kappa shape index (κ1) is 8.90. The maximum absolute atomic E-state index is 5.78. The molecule has 2 aromatic rings. The zero-order valence-electron chi connectivity index (χ0n) is 7.90. The fraction of sp³-hybridized carbons (Fsp3) is 0.200. The van der Waals surface area contributed by atoms with Gasteiger partial charge < -0.3 is 10.5 Å². The number of rotatable bonds is 2. The molecule has 14 heavy (non-hydrogen) atoms. The minimum atomic E-state index is 0.384. The molecular formula is C10H11N3O. The Morgan fingerprint density at radius 3 is 2.86 bits per heavy atom. The van der Waals surface area contributed by atoms with Crippen molar-refractivity contribution in [2.45, 2.75) is 6.61 Å². The van der Waals surface area contributed by atoms with Gasteiger partial charge in [0.1, 0.15) is 12.4 Å². The van der Waals surface area contributed by atoms with Crippen molar-refractivity contribution in [1.82, 2.24) is 9.97 Å². The normalized spacial score (nSPS) is 10.6. The van der Waals surface area contributed by atoms with Gasteiger partial charge in [-0.25, -0.2) is 9.97 Å². The number of fused-ring (bicyclic) bond motifs is 1. The Hall–Kier alpha value is -1.68. The molecule has 0 atom stereocenters. The van der Waals surface area contributed by atoms with Crippen LogP contribution in [0.15, 0.2) is 24.3 Å². The third-order valence-corrected chi connectivity index (χ3v) is 1.95. The summed E-state index contributed by atoms with van der Waals surface area (Å²) in [4.78, 5) is 8.44. The Labute approximate surface area is 81.7 Å². The van der Waals surface area contributed by atoms with E-state index in [0.29, 0.717) is 18.2 Å². The average Bonchev–Trinajstić information content (AvgIpc) is 2.18. The molecule has 0 radical (unpaired) electrons. The standard InChI is InChI=1S/C10H11N3O/c1-14-6-9-12-8-5-3-2-4-7(8)10(11)13-9/h2-5H,6H2,1H3,(H2,11,12,13). The monoisotopic (exact) mass is 189 g/mol. The van der Waals surface area contributed by atoms with E-state index >= 15 is 0 Å². The molecule has 0 saturated carbocycles. The van der Waals surface area contributed by atoms with Gasteiger partial charge in [0, 0.05) is 12.5 Å². The van der Waals surface area contributed by atoms with Crippen LogP contribution in [0.3, 0.4) is 0 Å². The number of para-hydroxylation sites is 1. The SMILES string of the molecule is COCc1nc(N)c2ccccc2n1. The molecule has 0 amide bonds. The molecule has 0 aliphatic heterocycles. The number of nitrogen functional groups attached to an aromatic ring is 1. The summed E-state index contributed by atoms with van der Waals surface area (Å²) in [5.74, 6) is 1.12. The number of methoxy groups -OCH3 is 1. The van der Waals surface area contributed by atoms with Crippen LogP contribution in [-0.4, -0.2) is 17.1 Å². The lowest BCUT2D eigenvalue weighted by Crippen LogP contribution is -2.01. The van der Waals surface area contributed by atoms with E-state index in [4.69, 9.17) is 10.5 Å². The molecule has 0 fully saturated rings. The maximum atomic E-state index is 5.78. The van der Waals surface area contributed by atoms with Crippen molar-refractivity contribution in [3.05, 3.63) is 30.1 Å².